The zero-order valence-corrected chi connectivity index (χ0v) is 17.7. The van der Waals surface area contributed by atoms with Gasteiger partial charge >= 0.3 is 5.97 Å². The molecule has 0 radical (unpaired) electrons. The average molecular weight is 391 g/mol. The van der Waals surface area contributed by atoms with Crippen LogP contribution < -0.4 is 0 Å². The second-order valence-electron chi connectivity index (χ2n) is 11.0. The third kappa shape index (κ3) is 3.02. The van der Waals surface area contributed by atoms with Crippen LogP contribution in [0.2, 0.25) is 0 Å². The van der Waals surface area contributed by atoms with E-state index in [9.17, 15) is 15.0 Å². The molecule has 0 aliphatic heterocycles. The molecule has 0 spiro atoms. The first-order valence-electron chi connectivity index (χ1n) is 11.4. The van der Waals surface area contributed by atoms with Crippen molar-refractivity contribution in [1.29, 1.82) is 0 Å². The molecule has 1 unspecified atom stereocenters. The van der Waals surface area contributed by atoms with Crippen molar-refractivity contribution in [2.24, 2.45) is 46.3 Å². The highest BCUT2D eigenvalue weighted by atomic mass is 16.4. The number of aliphatic hydroxyl groups excluding tert-OH is 2. The summed E-state index contributed by atoms with van der Waals surface area (Å²) in [6, 6.07) is 0. The largest absolute Gasteiger partial charge is 0.513 e. The van der Waals surface area contributed by atoms with E-state index < -0.39 is 5.97 Å². The van der Waals surface area contributed by atoms with Gasteiger partial charge in [-0.2, -0.15) is 0 Å². The molecule has 4 aliphatic carbocycles. The van der Waals surface area contributed by atoms with Gasteiger partial charge in [-0.1, -0.05) is 20.8 Å². The maximum absolute atomic E-state index is 11.2. The maximum Gasteiger partial charge on any atom is 0.303 e. The normalized spacial score (nSPS) is 48.8. The Bertz CT molecular complexity index is 657. The molecule has 3 fully saturated rings. The molecule has 3 N–H and O–H groups in total. The summed E-state index contributed by atoms with van der Waals surface area (Å²) in [7, 11) is 0. The van der Waals surface area contributed by atoms with E-state index in [0.29, 0.717) is 41.3 Å². The van der Waals surface area contributed by atoms with E-state index >= 15 is 0 Å². The summed E-state index contributed by atoms with van der Waals surface area (Å²) in [4.78, 5) is 11.0. The molecular formula is C24H38O4. The predicted molar refractivity (Wildman–Crippen MR) is 109 cm³/mol. The Balaban J connectivity index is 1.57. The molecule has 0 saturated heterocycles. The Hall–Kier alpha value is -1.03. The first-order chi connectivity index (χ1) is 13.2. The van der Waals surface area contributed by atoms with Crippen molar-refractivity contribution in [3.05, 3.63) is 11.8 Å². The van der Waals surface area contributed by atoms with Crippen molar-refractivity contribution in [3.8, 4) is 0 Å². The second kappa shape index (κ2) is 7.04. The topological polar surface area (TPSA) is 77.8 Å². The van der Waals surface area contributed by atoms with Crippen LogP contribution in [0.15, 0.2) is 11.8 Å². The van der Waals surface area contributed by atoms with Crippen molar-refractivity contribution in [2.45, 2.75) is 84.7 Å². The monoisotopic (exact) mass is 390 g/mol. The lowest BCUT2D eigenvalue weighted by atomic mass is 9.44. The van der Waals surface area contributed by atoms with Gasteiger partial charge in [0, 0.05) is 12.8 Å². The number of aliphatic carboxylic acids is 1. The van der Waals surface area contributed by atoms with E-state index in [1.165, 1.54) is 25.7 Å². The van der Waals surface area contributed by atoms with Gasteiger partial charge in [0.05, 0.1) is 11.9 Å². The molecule has 158 valence electrons. The molecule has 0 amide bonds. The predicted octanol–water partition coefficient (Wildman–Crippen LogP) is 5.17. The van der Waals surface area contributed by atoms with E-state index in [4.69, 9.17) is 5.11 Å². The highest BCUT2D eigenvalue weighted by Gasteiger charge is 2.62. The van der Waals surface area contributed by atoms with Crippen molar-refractivity contribution >= 4 is 5.97 Å². The highest BCUT2D eigenvalue weighted by molar-refractivity contribution is 5.66. The van der Waals surface area contributed by atoms with Gasteiger partial charge in [0.2, 0.25) is 0 Å². The van der Waals surface area contributed by atoms with Gasteiger partial charge in [0.25, 0.3) is 0 Å². The lowest BCUT2D eigenvalue weighted by Crippen LogP contribution is -2.57. The molecule has 3 saturated carbocycles. The Morgan fingerprint density at radius 1 is 1.21 bits per heavy atom. The fourth-order valence-electron chi connectivity index (χ4n) is 8.36. The fourth-order valence-corrected chi connectivity index (χ4v) is 8.36. The first kappa shape index (κ1) is 20.3. The Morgan fingerprint density at radius 3 is 2.64 bits per heavy atom. The van der Waals surface area contributed by atoms with Gasteiger partial charge in [-0.3, -0.25) is 4.79 Å². The molecule has 4 rings (SSSR count). The van der Waals surface area contributed by atoms with Crippen molar-refractivity contribution in [3.63, 3.8) is 0 Å². The molecule has 4 nitrogen and oxygen atoms in total. The Labute approximate surface area is 169 Å². The summed E-state index contributed by atoms with van der Waals surface area (Å²) in [6.45, 7) is 7.10. The van der Waals surface area contributed by atoms with Crippen molar-refractivity contribution in [1.82, 2.24) is 0 Å². The van der Waals surface area contributed by atoms with Crippen LogP contribution in [0, 0.1) is 46.3 Å². The maximum atomic E-state index is 11.2. The van der Waals surface area contributed by atoms with E-state index in [0.717, 1.165) is 25.7 Å². The Morgan fingerprint density at radius 2 is 1.93 bits per heavy atom. The number of fused-ring (bicyclic) bond motifs is 5. The minimum Gasteiger partial charge on any atom is -0.513 e. The quantitative estimate of drug-likeness (QED) is 0.619. The number of carboxylic acid groups (broad SMARTS) is 1. The van der Waals surface area contributed by atoms with Crippen LogP contribution in [0.25, 0.3) is 0 Å². The summed E-state index contributed by atoms with van der Waals surface area (Å²) < 4.78 is 0. The summed E-state index contributed by atoms with van der Waals surface area (Å²) in [5, 5.41) is 30.4. The van der Waals surface area contributed by atoms with Gasteiger partial charge in [0.15, 0.2) is 0 Å². The smallest absolute Gasteiger partial charge is 0.303 e. The molecule has 0 bridgehead atoms. The first-order valence-corrected chi connectivity index (χ1v) is 11.4. The standard InChI is InChI=1S/C24H38O4/c1-14(4-7-21(27)28)17-5-6-18-22-19(9-11-24(17,18)3)23(2)10-8-16(25)12-15(23)13-20(22)26/h8,14-15,17-20,22,25-26H,4-7,9-13H2,1-3H3,(H,27,28)/t14-,15?,17-,18+,19+,20+,22+,23+,24-/m1/s1. The minimum atomic E-state index is -0.689. The van der Waals surface area contributed by atoms with Crippen LogP contribution in [0.5, 0.6) is 0 Å². The Kier molecular flexibility index (Phi) is 5.09. The van der Waals surface area contributed by atoms with E-state index in [-0.39, 0.29) is 23.4 Å². The number of hydrogen-bond acceptors (Lipinski definition) is 3. The van der Waals surface area contributed by atoms with Crippen LogP contribution in [-0.2, 0) is 4.79 Å². The molecule has 28 heavy (non-hydrogen) atoms. The van der Waals surface area contributed by atoms with E-state index in [1.54, 1.807) is 0 Å². The van der Waals surface area contributed by atoms with E-state index in [2.05, 4.69) is 20.8 Å². The lowest BCUT2D eigenvalue weighted by Gasteiger charge is -2.61. The SMILES string of the molecule is C[C@H](CCC(=O)O)[C@H]1CC[C@H]2[C@@H]3[C@@H](O)CC4CC(O)=CC[C@]4(C)[C@H]3CC[C@]12C. The zero-order chi connectivity index (χ0) is 20.3. The number of hydrogen-bond donors (Lipinski definition) is 3. The van der Waals surface area contributed by atoms with Crippen LogP contribution >= 0.6 is 0 Å². The van der Waals surface area contributed by atoms with Gasteiger partial charge in [-0.05, 0) is 97.4 Å². The molecule has 0 aromatic heterocycles. The molecule has 0 aromatic carbocycles. The summed E-state index contributed by atoms with van der Waals surface area (Å²) >= 11 is 0. The van der Waals surface area contributed by atoms with Gasteiger partial charge < -0.3 is 15.3 Å². The number of rotatable bonds is 4. The average Bonchev–Trinajstić information content (AvgIpc) is 2.98. The molecule has 4 aliphatic rings. The zero-order valence-electron chi connectivity index (χ0n) is 17.7. The highest BCUT2D eigenvalue weighted by Crippen LogP contribution is 2.68. The fraction of sp³-hybridized carbons (Fsp3) is 0.875. The van der Waals surface area contributed by atoms with Gasteiger partial charge in [-0.25, -0.2) is 0 Å². The van der Waals surface area contributed by atoms with Crippen molar-refractivity contribution < 1.29 is 20.1 Å². The molecule has 0 aromatic rings. The summed E-state index contributed by atoms with van der Waals surface area (Å²) in [5.41, 5.74) is 0.431. The van der Waals surface area contributed by atoms with E-state index in [1.807, 2.05) is 6.08 Å². The third-order valence-electron chi connectivity index (χ3n) is 9.89. The van der Waals surface area contributed by atoms with Crippen LogP contribution in [-0.4, -0.2) is 27.4 Å². The lowest BCUT2D eigenvalue weighted by molar-refractivity contribution is -0.157. The number of aliphatic hydroxyl groups is 2. The number of carboxylic acids is 1. The summed E-state index contributed by atoms with van der Waals surface area (Å²) in [5.74, 6) is 2.68. The number of allylic oxidation sites excluding steroid dienone is 2. The molecular weight excluding hydrogens is 352 g/mol. The van der Waals surface area contributed by atoms with Gasteiger partial charge in [-0.15, -0.1) is 0 Å². The molecule has 4 heteroatoms. The second-order valence-corrected chi connectivity index (χ2v) is 11.0. The van der Waals surface area contributed by atoms with Crippen LogP contribution in [0.4, 0.5) is 0 Å². The van der Waals surface area contributed by atoms with Crippen LogP contribution in [0.3, 0.4) is 0 Å². The minimum absolute atomic E-state index is 0.199. The van der Waals surface area contributed by atoms with Gasteiger partial charge in [0.1, 0.15) is 0 Å². The molecule has 9 atom stereocenters. The summed E-state index contributed by atoms with van der Waals surface area (Å²) in [6.07, 6.45) is 10.0. The third-order valence-corrected chi connectivity index (χ3v) is 9.89. The number of carbonyl (C=O) groups is 1. The van der Waals surface area contributed by atoms with Crippen LogP contribution in [0.1, 0.15) is 78.6 Å². The van der Waals surface area contributed by atoms with Crippen molar-refractivity contribution in [2.75, 3.05) is 0 Å². The molecule has 0 heterocycles.